The van der Waals surface area contributed by atoms with Gasteiger partial charge in [-0.3, -0.25) is 0 Å². The first-order valence-corrected chi connectivity index (χ1v) is 6.23. The van der Waals surface area contributed by atoms with Gasteiger partial charge in [0.05, 0.1) is 12.1 Å². The maximum atomic E-state index is 6.10. The summed E-state index contributed by atoms with van der Waals surface area (Å²) in [4.78, 5) is 0. The van der Waals surface area contributed by atoms with Gasteiger partial charge < -0.3 is 16.2 Å². The summed E-state index contributed by atoms with van der Waals surface area (Å²) in [6.45, 7) is 3.42. The van der Waals surface area contributed by atoms with Crippen LogP contribution < -0.4 is 16.2 Å². The molecule has 1 unspecified atom stereocenters. The Morgan fingerprint density at radius 1 is 1.29 bits per heavy atom. The van der Waals surface area contributed by atoms with E-state index in [1.165, 1.54) is 5.56 Å². The molecule has 0 saturated carbocycles. The summed E-state index contributed by atoms with van der Waals surface area (Å²) < 4.78 is 5.13. The van der Waals surface area contributed by atoms with Crippen LogP contribution in [0, 0.1) is 5.92 Å². The summed E-state index contributed by atoms with van der Waals surface area (Å²) in [5.74, 6) is 1.47. The Kier molecular flexibility index (Phi) is 5.75. The Labute approximate surface area is 108 Å². The molecule has 0 radical (unpaired) electrons. The highest BCUT2D eigenvalue weighted by molar-refractivity contribution is 6.32. The van der Waals surface area contributed by atoms with Crippen LogP contribution in [0.15, 0.2) is 18.2 Å². The Morgan fingerprint density at radius 3 is 2.41 bits per heavy atom. The molecule has 0 saturated heterocycles. The minimum Gasteiger partial charge on any atom is -0.495 e. The summed E-state index contributed by atoms with van der Waals surface area (Å²) in [5, 5.41) is 0.647. The number of benzene rings is 1. The molecule has 96 valence electrons. The van der Waals surface area contributed by atoms with E-state index >= 15 is 0 Å². The van der Waals surface area contributed by atoms with Crippen molar-refractivity contribution in [1.29, 1.82) is 0 Å². The van der Waals surface area contributed by atoms with Crippen LogP contribution in [0.25, 0.3) is 0 Å². The predicted molar refractivity (Wildman–Crippen MR) is 72.6 cm³/mol. The van der Waals surface area contributed by atoms with Gasteiger partial charge in [0.15, 0.2) is 0 Å². The van der Waals surface area contributed by atoms with E-state index < -0.39 is 0 Å². The van der Waals surface area contributed by atoms with Crippen molar-refractivity contribution in [3.05, 3.63) is 28.8 Å². The molecule has 0 fully saturated rings. The number of halogens is 1. The van der Waals surface area contributed by atoms with E-state index in [9.17, 15) is 0 Å². The van der Waals surface area contributed by atoms with Gasteiger partial charge in [0.25, 0.3) is 0 Å². The molecule has 3 nitrogen and oxygen atoms in total. The maximum absolute atomic E-state index is 6.10. The first-order chi connectivity index (χ1) is 8.12. The number of hydrogen-bond donors (Lipinski definition) is 2. The fourth-order valence-electron chi connectivity index (χ4n) is 1.91. The molecule has 0 spiro atoms. The Hall–Kier alpha value is -0.770. The lowest BCUT2D eigenvalue weighted by molar-refractivity contribution is 0.414. The average molecular weight is 257 g/mol. The van der Waals surface area contributed by atoms with Crippen LogP contribution in [0.3, 0.4) is 0 Å². The van der Waals surface area contributed by atoms with Gasteiger partial charge in [-0.25, -0.2) is 0 Å². The van der Waals surface area contributed by atoms with E-state index in [0.717, 1.165) is 6.42 Å². The second kappa shape index (κ2) is 6.84. The molecule has 17 heavy (non-hydrogen) atoms. The van der Waals surface area contributed by atoms with E-state index in [4.69, 9.17) is 27.8 Å². The van der Waals surface area contributed by atoms with Crippen molar-refractivity contribution in [2.75, 3.05) is 20.2 Å². The molecule has 1 atom stereocenters. The molecule has 0 aliphatic carbocycles. The molecule has 1 aromatic carbocycles. The first kappa shape index (κ1) is 14.3. The smallest absolute Gasteiger partial charge is 0.137 e. The van der Waals surface area contributed by atoms with Crippen molar-refractivity contribution >= 4 is 11.6 Å². The lowest BCUT2D eigenvalue weighted by Gasteiger charge is -2.19. The van der Waals surface area contributed by atoms with Crippen molar-refractivity contribution in [3.8, 4) is 5.75 Å². The van der Waals surface area contributed by atoms with Crippen LogP contribution in [0.2, 0.25) is 5.02 Å². The molecule has 1 aromatic rings. The number of ether oxygens (including phenoxy) is 1. The van der Waals surface area contributed by atoms with E-state index in [0.29, 0.717) is 35.7 Å². The minimum atomic E-state index is 0.367. The van der Waals surface area contributed by atoms with Crippen molar-refractivity contribution in [2.45, 2.75) is 19.3 Å². The molecule has 0 heterocycles. The average Bonchev–Trinajstić information content (AvgIpc) is 2.35. The van der Waals surface area contributed by atoms with E-state index in [2.05, 4.69) is 6.92 Å². The summed E-state index contributed by atoms with van der Waals surface area (Å²) in [5.41, 5.74) is 12.5. The van der Waals surface area contributed by atoms with Gasteiger partial charge in [-0.1, -0.05) is 24.6 Å². The number of methoxy groups -OCH3 is 1. The largest absolute Gasteiger partial charge is 0.495 e. The van der Waals surface area contributed by atoms with Gasteiger partial charge in [0, 0.05) is 0 Å². The Morgan fingerprint density at radius 2 is 1.94 bits per heavy atom. The molecule has 0 aromatic heterocycles. The molecular weight excluding hydrogens is 236 g/mol. The molecule has 4 N–H and O–H groups in total. The third-order valence-electron chi connectivity index (χ3n) is 3.10. The van der Waals surface area contributed by atoms with Gasteiger partial charge >= 0.3 is 0 Å². The number of hydrogen-bond acceptors (Lipinski definition) is 3. The zero-order valence-corrected chi connectivity index (χ0v) is 11.2. The first-order valence-electron chi connectivity index (χ1n) is 5.85. The lowest BCUT2D eigenvalue weighted by Crippen LogP contribution is -2.24. The van der Waals surface area contributed by atoms with Gasteiger partial charge in [-0.2, -0.15) is 0 Å². The molecular formula is C13H21ClN2O. The standard InChI is InChI=1S/C13H21ClN2O/c1-9(5-10(7-15)8-16)11-3-4-13(17-2)12(14)6-11/h3-4,6,9-10H,5,7-8,15-16H2,1-2H3. The van der Waals surface area contributed by atoms with Crippen LogP contribution in [-0.4, -0.2) is 20.2 Å². The quantitative estimate of drug-likeness (QED) is 0.822. The van der Waals surface area contributed by atoms with Gasteiger partial charge in [-0.05, 0) is 49.0 Å². The van der Waals surface area contributed by atoms with E-state index in [1.807, 2.05) is 18.2 Å². The van der Waals surface area contributed by atoms with Crippen LogP contribution in [0.5, 0.6) is 5.75 Å². The summed E-state index contributed by atoms with van der Waals surface area (Å²) >= 11 is 6.10. The fraction of sp³-hybridized carbons (Fsp3) is 0.538. The molecule has 4 heteroatoms. The Bertz CT molecular complexity index is 353. The van der Waals surface area contributed by atoms with Crippen LogP contribution >= 0.6 is 11.6 Å². The molecule has 0 bridgehead atoms. The number of nitrogens with two attached hydrogens (primary N) is 2. The molecule has 0 aliphatic rings. The zero-order valence-electron chi connectivity index (χ0n) is 10.4. The van der Waals surface area contributed by atoms with Gasteiger partial charge in [-0.15, -0.1) is 0 Å². The summed E-state index contributed by atoms with van der Waals surface area (Å²) in [6, 6.07) is 5.89. The third-order valence-corrected chi connectivity index (χ3v) is 3.39. The Balaban J connectivity index is 2.75. The van der Waals surface area contributed by atoms with Crippen molar-refractivity contribution in [2.24, 2.45) is 17.4 Å². The maximum Gasteiger partial charge on any atom is 0.137 e. The van der Waals surface area contributed by atoms with Crippen LogP contribution in [0.4, 0.5) is 0 Å². The fourth-order valence-corrected chi connectivity index (χ4v) is 2.18. The topological polar surface area (TPSA) is 61.3 Å². The normalized spacial score (nSPS) is 12.8. The van der Waals surface area contributed by atoms with Crippen LogP contribution in [-0.2, 0) is 0 Å². The second-order valence-corrected chi connectivity index (χ2v) is 4.78. The second-order valence-electron chi connectivity index (χ2n) is 4.37. The highest BCUT2D eigenvalue weighted by Gasteiger charge is 2.13. The summed E-state index contributed by atoms with van der Waals surface area (Å²) in [6.07, 6.45) is 0.982. The van der Waals surface area contributed by atoms with E-state index in [-0.39, 0.29) is 0 Å². The van der Waals surface area contributed by atoms with Gasteiger partial charge in [0.1, 0.15) is 5.75 Å². The van der Waals surface area contributed by atoms with E-state index in [1.54, 1.807) is 7.11 Å². The molecule has 0 aliphatic heterocycles. The lowest BCUT2D eigenvalue weighted by atomic mass is 9.90. The van der Waals surface area contributed by atoms with Gasteiger partial charge in [0.2, 0.25) is 0 Å². The molecule has 1 rings (SSSR count). The molecule has 0 amide bonds. The number of rotatable bonds is 6. The van der Waals surface area contributed by atoms with Crippen molar-refractivity contribution < 1.29 is 4.74 Å². The van der Waals surface area contributed by atoms with Crippen molar-refractivity contribution in [1.82, 2.24) is 0 Å². The monoisotopic (exact) mass is 256 g/mol. The third kappa shape index (κ3) is 3.87. The SMILES string of the molecule is COc1ccc(C(C)CC(CN)CN)cc1Cl. The summed E-state index contributed by atoms with van der Waals surface area (Å²) in [7, 11) is 1.61. The minimum absolute atomic E-state index is 0.367. The highest BCUT2D eigenvalue weighted by Crippen LogP contribution is 2.30. The highest BCUT2D eigenvalue weighted by atomic mass is 35.5. The van der Waals surface area contributed by atoms with Crippen LogP contribution in [0.1, 0.15) is 24.8 Å². The van der Waals surface area contributed by atoms with Crippen molar-refractivity contribution in [3.63, 3.8) is 0 Å². The zero-order chi connectivity index (χ0) is 12.8. The predicted octanol–water partition coefficient (Wildman–Crippen LogP) is 2.38.